The number of hydrogen-bond acceptors (Lipinski definition) is 5. The minimum absolute atomic E-state index is 0.351. The van der Waals surface area contributed by atoms with Gasteiger partial charge >= 0.3 is 11.9 Å². The van der Waals surface area contributed by atoms with Crippen LogP contribution in [-0.4, -0.2) is 48.9 Å². The first-order valence-corrected chi connectivity index (χ1v) is 5.18. The van der Waals surface area contributed by atoms with Gasteiger partial charge in [0.25, 0.3) is 0 Å². The lowest BCUT2D eigenvalue weighted by atomic mass is 9.89. The van der Waals surface area contributed by atoms with Crippen LogP contribution in [0.4, 0.5) is 0 Å². The summed E-state index contributed by atoms with van der Waals surface area (Å²) in [6.45, 7) is 2.35. The van der Waals surface area contributed by atoms with Crippen molar-refractivity contribution in [2.24, 2.45) is 0 Å². The highest BCUT2D eigenvalue weighted by molar-refractivity contribution is 5.81. The van der Waals surface area contributed by atoms with E-state index in [2.05, 4.69) is 10.1 Å². The van der Waals surface area contributed by atoms with Crippen LogP contribution in [0.5, 0.6) is 0 Å². The summed E-state index contributed by atoms with van der Waals surface area (Å²) < 4.78 is 9.68. The van der Waals surface area contributed by atoms with E-state index in [-0.39, 0.29) is 0 Å². The van der Waals surface area contributed by atoms with E-state index in [1.807, 2.05) is 0 Å². The fourth-order valence-electron chi connectivity index (χ4n) is 1.79. The van der Waals surface area contributed by atoms with Crippen LogP contribution in [0, 0.1) is 0 Å². The van der Waals surface area contributed by atoms with E-state index >= 15 is 0 Å². The Balaban J connectivity index is 2.71. The molecular weight excluding hydrogens is 214 g/mol. The average molecular weight is 231 g/mol. The lowest BCUT2D eigenvalue weighted by Crippen LogP contribution is -2.59. The van der Waals surface area contributed by atoms with Crippen LogP contribution in [0.1, 0.15) is 19.8 Å². The van der Waals surface area contributed by atoms with Crippen LogP contribution < -0.4 is 5.32 Å². The molecule has 0 radical (unpaired) electrons. The van der Waals surface area contributed by atoms with E-state index in [0.717, 1.165) is 0 Å². The van der Waals surface area contributed by atoms with E-state index in [1.165, 1.54) is 7.11 Å². The first-order valence-electron chi connectivity index (χ1n) is 5.18. The summed E-state index contributed by atoms with van der Waals surface area (Å²) in [7, 11) is 1.28. The van der Waals surface area contributed by atoms with Gasteiger partial charge in [-0.2, -0.15) is 0 Å². The molecule has 1 saturated heterocycles. The van der Waals surface area contributed by atoms with Crippen LogP contribution in [0.15, 0.2) is 0 Å². The minimum Gasteiger partial charge on any atom is -0.480 e. The molecule has 1 aliphatic heterocycles. The van der Waals surface area contributed by atoms with Crippen molar-refractivity contribution in [3.05, 3.63) is 0 Å². The molecule has 1 rings (SSSR count). The van der Waals surface area contributed by atoms with Gasteiger partial charge in [-0.1, -0.05) is 0 Å². The van der Waals surface area contributed by atoms with Gasteiger partial charge in [-0.05, 0) is 19.8 Å². The molecule has 6 nitrogen and oxygen atoms in total. The number of carbonyl (C=O) groups is 2. The number of nitrogens with one attached hydrogen (secondary N) is 1. The summed E-state index contributed by atoms with van der Waals surface area (Å²) >= 11 is 0. The maximum absolute atomic E-state index is 11.3. The smallest absolute Gasteiger partial charge is 0.324 e. The van der Waals surface area contributed by atoms with Crippen molar-refractivity contribution in [3.63, 3.8) is 0 Å². The maximum atomic E-state index is 11.3. The molecule has 1 heterocycles. The highest BCUT2D eigenvalue weighted by Crippen LogP contribution is 2.21. The normalized spacial score (nSPS) is 21.1. The minimum atomic E-state index is -1.08. The van der Waals surface area contributed by atoms with Crippen molar-refractivity contribution in [1.29, 1.82) is 0 Å². The van der Waals surface area contributed by atoms with Gasteiger partial charge in [-0.25, -0.2) is 0 Å². The topological polar surface area (TPSA) is 84.9 Å². The predicted octanol–water partition coefficient (Wildman–Crippen LogP) is -0.229. The molecule has 6 heteroatoms. The van der Waals surface area contributed by atoms with Gasteiger partial charge in [-0.15, -0.1) is 0 Å². The molecule has 16 heavy (non-hydrogen) atoms. The van der Waals surface area contributed by atoms with Crippen LogP contribution in [0.2, 0.25) is 0 Å². The molecule has 0 bridgehead atoms. The lowest BCUT2D eigenvalue weighted by Gasteiger charge is -2.35. The zero-order valence-electron chi connectivity index (χ0n) is 9.49. The van der Waals surface area contributed by atoms with Crippen molar-refractivity contribution in [2.45, 2.75) is 31.3 Å². The van der Waals surface area contributed by atoms with Crippen molar-refractivity contribution >= 4 is 11.9 Å². The lowest BCUT2D eigenvalue weighted by molar-refractivity contribution is -0.152. The molecule has 92 valence electrons. The molecule has 0 saturated carbocycles. The summed E-state index contributed by atoms with van der Waals surface area (Å²) in [4.78, 5) is 22.5. The second-order valence-corrected chi connectivity index (χ2v) is 3.89. The van der Waals surface area contributed by atoms with Crippen molar-refractivity contribution in [2.75, 3.05) is 20.3 Å². The largest absolute Gasteiger partial charge is 0.480 e. The molecular formula is C10H17NO5. The predicted molar refractivity (Wildman–Crippen MR) is 55.0 cm³/mol. The summed E-state index contributed by atoms with van der Waals surface area (Å²) in [5, 5.41) is 12.1. The van der Waals surface area contributed by atoms with Gasteiger partial charge in [0.1, 0.15) is 11.6 Å². The SMILES string of the molecule is COC(=O)C(C)NC1(C(=O)O)CCOCC1. The average Bonchev–Trinajstić information content (AvgIpc) is 2.28. The summed E-state index contributed by atoms with van der Waals surface area (Å²) in [5.74, 6) is -1.42. The number of carboxylic acids is 1. The number of carboxylic acid groups (broad SMARTS) is 1. The Hall–Kier alpha value is -1.14. The summed E-state index contributed by atoms with van der Waals surface area (Å²) in [6.07, 6.45) is 0.702. The van der Waals surface area contributed by atoms with Gasteiger partial charge in [0.2, 0.25) is 0 Å². The maximum Gasteiger partial charge on any atom is 0.324 e. The molecule has 0 aromatic heterocycles. The Morgan fingerprint density at radius 3 is 2.44 bits per heavy atom. The fourth-order valence-corrected chi connectivity index (χ4v) is 1.79. The van der Waals surface area contributed by atoms with E-state index < -0.39 is 23.5 Å². The summed E-state index contributed by atoms with van der Waals surface area (Å²) in [5.41, 5.74) is -1.08. The molecule has 1 aliphatic rings. The highest BCUT2D eigenvalue weighted by atomic mass is 16.5. The van der Waals surface area contributed by atoms with Crippen molar-refractivity contribution in [3.8, 4) is 0 Å². The molecule has 0 aromatic carbocycles. The van der Waals surface area contributed by atoms with Gasteiger partial charge in [0.15, 0.2) is 0 Å². The first-order chi connectivity index (χ1) is 7.52. The number of hydrogen-bond donors (Lipinski definition) is 2. The third-order valence-electron chi connectivity index (χ3n) is 2.80. The van der Waals surface area contributed by atoms with E-state index in [0.29, 0.717) is 26.1 Å². The van der Waals surface area contributed by atoms with E-state index in [4.69, 9.17) is 4.74 Å². The third kappa shape index (κ3) is 2.70. The standard InChI is InChI=1S/C10H17NO5/c1-7(8(12)15-2)11-10(9(13)14)3-5-16-6-4-10/h7,11H,3-6H2,1-2H3,(H,13,14). The second-order valence-electron chi connectivity index (χ2n) is 3.89. The quantitative estimate of drug-likeness (QED) is 0.650. The van der Waals surface area contributed by atoms with Crippen LogP contribution in [0.3, 0.4) is 0 Å². The highest BCUT2D eigenvalue weighted by Gasteiger charge is 2.42. The molecule has 0 aromatic rings. The van der Waals surface area contributed by atoms with Crippen LogP contribution >= 0.6 is 0 Å². The Morgan fingerprint density at radius 1 is 1.44 bits per heavy atom. The van der Waals surface area contributed by atoms with Crippen LogP contribution in [0.25, 0.3) is 0 Å². The molecule has 0 spiro atoms. The number of esters is 1. The second kappa shape index (κ2) is 5.27. The number of carbonyl (C=O) groups excluding carboxylic acids is 1. The van der Waals surface area contributed by atoms with Gasteiger partial charge in [0, 0.05) is 13.2 Å². The van der Waals surface area contributed by atoms with E-state index in [1.54, 1.807) is 6.92 Å². The first kappa shape index (κ1) is 12.9. The third-order valence-corrected chi connectivity index (χ3v) is 2.80. The van der Waals surface area contributed by atoms with Crippen molar-refractivity contribution < 1.29 is 24.2 Å². The zero-order valence-corrected chi connectivity index (χ0v) is 9.49. The van der Waals surface area contributed by atoms with Crippen LogP contribution in [-0.2, 0) is 19.1 Å². The van der Waals surface area contributed by atoms with Gasteiger partial charge < -0.3 is 14.6 Å². The van der Waals surface area contributed by atoms with Crippen molar-refractivity contribution in [1.82, 2.24) is 5.32 Å². The Kier molecular flexibility index (Phi) is 4.26. The summed E-state index contributed by atoms with van der Waals surface area (Å²) in [6, 6.07) is -0.640. The Morgan fingerprint density at radius 2 is 2.00 bits per heavy atom. The monoisotopic (exact) mass is 231 g/mol. The fraction of sp³-hybridized carbons (Fsp3) is 0.800. The molecule has 0 amide bonds. The van der Waals surface area contributed by atoms with E-state index in [9.17, 15) is 14.7 Å². The number of rotatable bonds is 4. The Labute approximate surface area is 93.9 Å². The molecule has 1 unspecified atom stereocenters. The molecule has 1 atom stereocenters. The molecule has 0 aliphatic carbocycles. The Bertz CT molecular complexity index is 272. The number of methoxy groups -OCH3 is 1. The molecule has 2 N–H and O–H groups in total. The van der Waals surface area contributed by atoms with Gasteiger partial charge in [-0.3, -0.25) is 14.9 Å². The zero-order chi connectivity index (χ0) is 12.2. The molecule has 1 fully saturated rings. The number of ether oxygens (including phenoxy) is 2. The number of aliphatic carboxylic acids is 1. The van der Waals surface area contributed by atoms with Gasteiger partial charge in [0.05, 0.1) is 7.11 Å².